The Labute approximate surface area is 136 Å². The van der Waals surface area contributed by atoms with Crippen LogP contribution in [0.5, 0.6) is 0 Å². The molecule has 0 saturated heterocycles. The van der Waals surface area contributed by atoms with Crippen LogP contribution >= 0.6 is 0 Å². The summed E-state index contributed by atoms with van der Waals surface area (Å²) in [5.41, 5.74) is 4.22. The molecule has 3 rings (SSSR count). The first-order valence-electron chi connectivity index (χ1n) is 8.48. The summed E-state index contributed by atoms with van der Waals surface area (Å²) in [7, 11) is 0. The number of hydrogen-bond acceptors (Lipinski definition) is 5. The van der Waals surface area contributed by atoms with Crippen molar-refractivity contribution in [1.82, 2.24) is 15.4 Å². The van der Waals surface area contributed by atoms with Gasteiger partial charge >= 0.3 is 0 Å². The quantitative estimate of drug-likeness (QED) is 0.566. The molecule has 6 nitrogen and oxygen atoms in total. The largest absolute Gasteiger partial charge is 0.396 e. The Bertz CT molecular complexity index is 564. The van der Waals surface area contributed by atoms with E-state index in [0.717, 1.165) is 49.5 Å². The van der Waals surface area contributed by atoms with Crippen molar-refractivity contribution in [1.29, 1.82) is 0 Å². The Morgan fingerprint density at radius 2 is 2.30 bits per heavy atom. The SMILES string of the molecule is O=C(NO)c1cnc2c(c1)CCN(C1CCC(CCCO)C1)C2. The predicted molar refractivity (Wildman–Crippen MR) is 85.1 cm³/mol. The maximum atomic E-state index is 11.5. The van der Waals surface area contributed by atoms with Crippen molar-refractivity contribution in [2.45, 2.75) is 51.1 Å². The van der Waals surface area contributed by atoms with Gasteiger partial charge in [-0.1, -0.05) is 0 Å². The summed E-state index contributed by atoms with van der Waals surface area (Å²) < 4.78 is 0. The van der Waals surface area contributed by atoms with Gasteiger partial charge in [0, 0.05) is 31.9 Å². The van der Waals surface area contributed by atoms with E-state index >= 15 is 0 Å². The van der Waals surface area contributed by atoms with Gasteiger partial charge in [0.05, 0.1) is 11.3 Å². The predicted octanol–water partition coefficient (Wildman–Crippen LogP) is 1.50. The second kappa shape index (κ2) is 7.38. The molecular weight excluding hydrogens is 294 g/mol. The minimum atomic E-state index is -0.509. The van der Waals surface area contributed by atoms with Crippen molar-refractivity contribution in [3.63, 3.8) is 0 Å². The fourth-order valence-corrected chi connectivity index (χ4v) is 3.96. The van der Waals surface area contributed by atoms with Gasteiger partial charge in [0.15, 0.2) is 0 Å². The smallest absolute Gasteiger partial charge is 0.276 e. The van der Waals surface area contributed by atoms with Crippen LogP contribution in [0.4, 0.5) is 0 Å². The standard InChI is InChI=1S/C17H25N3O3/c21-7-1-2-12-3-4-15(8-12)20-6-5-13-9-14(17(22)19-23)10-18-16(13)11-20/h9-10,12,15,21,23H,1-8,11H2,(H,19,22). The number of aromatic nitrogens is 1. The molecule has 1 amide bonds. The second-order valence-electron chi connectivity index (χ2n) is 6.69. The number of carbonyl (C=O) groups excluding carboxylic acids is 1. The third kappa shape index (κ3) is 3.71. The van der Waals surface area contributed by atoms with Crippen molar-refractivity contribution >= 4 is 5.91 Å². The highest BCUT2D eigenvalue weighted by molar-refractivity contribution is 5.93. The second-order valence-corrected chi connectivity index (χ2v) is 6.69. The molecule has 1 aliphatic heterocycles. The van der Waals surface area contributed by atoms with Crippen LogP contribution in [0.2, 0.25) is 0 Å². The summed E-state index contributed by atoms with van der Waals surface area (Å²) in [6, 6.07) is 2.46. The van der Waals surface area contributed by atoms with Gasteiger partial charge in [0.25, 0.3) is 5.91 Å². The molecule has 6 heteroatoms. The lowest BCUT2D eigenvalue weighted by Crippen LogP contribution is -2.38. The van der Waals surface area contributed by atoms with E-state index in [1.54, 1.807) is 5.48 Å². The fourth-order valence-electron chi connectivity index (χ4n) is 3.96. The lowest BCUT2D eigenvalue weighted by atomic mass is 9.99. The van der Waals surface area contributed by atoms with Crippen LogP contribution in [0.1, 0.15) is 53.7 Å². The molecule has 1 aromatic heterocycles. The zero-order valence-electron chi connectivity index (χ0n) is 13.4. The Morgan fingerprint density at radius 3 is 3.09 bits per heavy atom. The molecule has 2 unspecified atom stereocenters. The van der Waals surface area contributed by atoms with Gasteiger partial charge in [0.1, 0.15) is 0 Å². The molecule has 126 valence electrons. The number of rotatable bonds is 5. The number of carbonyl (C=O) groups is 1. The minimum absolute atomic E-state index is 0.298. The third-order valence-corrected chi connectivity index (χ3v) is 5.25. The van der Waals surface area contributed by atoms with E-state index in [9.17, 15) is 4.79 Å². The maximum Gasteiger partial charge on any atom is 0.276 e. The number of nitrogens with one attached hydrogen (secondary N) is 1. The number of amides is 1. The highest BCUT2D eigenvalue weighted by atomic mass is 16.5. The highest BCUT2D eigenvalue weighted by Gasteiger charge is 2.31. The van der Waals surface area contributed by atoms with E-state index in [1.165, 1.54) is 25.5 Å². The Kier molecular flexibility index (Phi) is 5.25. The van der Waals surface area contributed by atoms with E-state index in [-0.39, 0.29) is 0 Å². The first-order chi connectivity index (χ1) is 11.2. The zero-order valence-corrected chi connectivity index (χ0v) is 13.4. The lowest BCUT2D eigenvalue weighted by molar-refractivity contribution is 0.0705. The Hall–Kier alpha value is -1.50. The minimum Gasteiger partial charge on any atom is -0.396 e. The molecule has 1 fully saturated rings. The van der Waals surface area contributed by atoms with Gasteiger partial charge in [-0.3, -0.25) is 19.9 Å². The zero-order chi connectivity index (χ0) is 16.2. The van der Waals surface area contributed by atoms with Crippen molar-refractivity contribution in [3.8, 4) is 0 Å². The van der Waals surface area contributed by atoms with Gasteiger partial charge in [-0.05, 0) is 56.1 Å². The van der Waals surface area contributed by atoms with Gasteiger partial charge in [-0.2, -0.15) is 0 Å². The number of nitrogens with zero attached hydrogens (tertiary/aromatic N) is 2. The number of hydroxylamine groups is 1. The van der Waals surface area contributed by atoms with E-state index in [1.807, 2.05) is 6.07 Å². The van der Waals surface area contributed by atoms with Crippen LogP contribution in [0.25, 0.3) is 0 Å². The Morgan fingerprint density at radius 1 is 1.43 bits per heavy atom. The number of aliphatic hydroxyl groups excluding tert-OH is 1. The van der Waals surface area contributed by atoms with Crippen molar-refractivity contribution < 1.29 is 15.1 Å². The van der Waals surface area contributed by atoms with Crippen LogP contribution in [-0.4, -0.2) is 45.3 Å². The van der Waals surface area contributed by atoms with Gasteiger partial charge in [-0.25, -0.2) is 5.48 Å². The molecule has 3 N–H and O–H groups in total. The maximum absolute atomic E-state index is 11.5. The number of hydrogen-bond donors (Lipinski definition) is 3. The highest BCUT2D eigenvalue weighted by Crippen LogP contribution is 2.34. The van der Waals surface area contributed by atoms with Crippen LogP contribution in [0.15, 0.2) is 12.3 Å². The molecule has 2 heterocycles. The molecule has 23 heavy (non-hydrogen) atoms. The molecule has 2 aliphatic rings. The number of aliphatic hydroxyl groups is 1. The average Bonchev–Trinajstić information content (AvgIpc) is 3.07. The van der Waals surface area contributed by atoms with Crippen LogP contribution in [-0.2, 0) is 13.0 Å². The molecule has 0 radical (unpaired) electrons. The van der Waals surface area contributed by atoms with Crippen LogP contribution < -0.4 is 5.48 Å². The molecule has 1 saturated carbocycles. The topological polar surface area (TPSA) is 85.7 Å². The summed E-state index contributed by atoms with van der Waals surface area (Å²) in [5, 5.41) is 17.7. The Balaban J connectivity index is 1.61. The molecular formula is C17H25N3O3. The molecule has 2 atom stereocenters. The average molecular weight is 319 g/mol. The first kappa shape index (κ1) is 16.4. The van der Waals surface area contributed by atoms with Gasteiger partial charge in [-0.15, -0.1) is 0 Å². The van der Waals surface area contributed by atoms with Crippen LogP contribution in [0.3, 0.4) is 0 Å². The monoisotopic (exact) mass is 319 g/mol. The summed E-state index contributed by atoms with van der Waals surface area (Å²) in [6.07, 6.45) is 8.19. The number of pyridine rings is 1. The fraction of sp³-hybridized carbons (Fsp3) is 0.647. The van der Waals surface area contributed by atoms with E-state index < -0.39 is 5.91 Å². The van der Waals surface area contributed by atoms with Gasteiger partial charge in [0.2, 0.25) is 0 Å². The molecule has 1 aromatic rings. The third-order valence-electron chi connectivity index (χ3n) is 5.25. The number of fused-ring (bicyclic) bond motifs is 1. The first-order valence-corrected chi connectivity index (χ1v) is 8.48. The normalized spacial score (nSPS) is 24.4. The summed E-state index contributed by atoms with van der Waals surface area (Å²) in [6.45, 7) is 2.13. The summed E-state index contributed by atoms with van der Waals surface area (Å²) in [4.78, 5) is 18.4. The van der Waals surface area contributed by atoms with Crippen molar-refractivity contribution in [2.24, 2.45) is 5.92 Å². The molecule has 0 bridgehead atoms. The van der Waals surface area contributed by atoms with E-state index in [0.29, 0.717) is 18.2 Å². The van der Waals surface area contributed by atoms with E-state index in [4.69, 9.17) is 10.3 Å². The molecule has 0 spiro atoms. The summed E-state index contributed by atoms with van der Waals surface area (Å²) in [5.74, 6) is 0.238. The molecule has 0 aromatic carbocycles. The van der Waals surface area contributed by atoms with Crippen molar-refractivity contribution in [2.75, 3.05) is 13.2 Å². The summed E-state index contributed by atoms with van der Waals surface area (Å²) >= 11 is 0. The van der Waals surface area contributed by atoms with E-state index in [2.05, 4.69) is 9.88 Å². The molecule has 1 aliphatic carbocycles. The van der Waals surface area contributed by atoms with Crippen molar-refractivity contribution in [3.05, 3.63) is 29.1 Å². The lowest BCUT2D eigenvalue weighted by Gasteiger charge is -2.33. The van der Waals surface area contributed by atoms with Crippen LogP contribution in [0, 0.1) is 5.92 Å². The van der Waals surface area contributed by atoms with Gasteiger partial charge < -0.3 is 5.11 Å².